The number of hydrogen-bond donors (Lipinski definition) is 1. The fourth-order valence-corrected chi connectivity index (χ4v) is 4.12. The maximum absolute atomic E-state index is 12.2. The number of methoxy groups -OCH3 is 1. The molecule has 2 aromatic rings. The van der Waals surface area contributed by atoms with Crippen LogP contribution < -0.4 is 10.1 Å². The number of rotatable bonds is 9. The lowest BCUT2D eigenvalue weighted by Gasteiger charge is -2.34. The van der Waals surface area contributed by atoms with Crippen molar-refractivity contribution in [2.75, 3.05) is 20.8 Å². The summed E-state index contributed by atoms with van der Waals surface area (Å²) in [5, 5.41) is 3.69. The maximum Gasteiger partial charge on any atom is 0.409 e. The van der Waals surface area contributed by atoms with E-state index in [2.05, 4.69) is 29.4 Å². The average Bonchev–Trinajstić information content (AvgIpc) is 2.83. The zero-order valence-electron chi connectivity index (χ0n) is 19.0. The van der Waals surface area contributed by atoms with E-state index >= 15 is 0 Å². The third-order valence-electron chi connectivity index (χ3n) is 6.13. The highest BCUT2D eigenvalue weighted by Crippen LogP contribution is 2.28. The minimum atomic E-state index is -0.192. The Hall–Kier alpha value is -2.60. The van der Waals surface area contributed by atoms with Gasteiger partial charge in [0.05, 0.1) is 13.7 Å². The fraction of sp³-hybridized carbons (Fsp3) is 0.520. The van der Waals surface area contributed by atoms with E-state index in [1.807, 2.05) is 37.6 Å². The smallest absolute Gasteiger partial charge is 0.409 e. The number of nitrogens with one attached hydrogen (secondary N) is 1. The second kappa shape index (κ2) is 11.7. The number of unbranched alkanes of at least 4 members (excludes halogenated alkanes) is 1. The zero-order valence-corrected chi connectivity index (χ0v) is 19.0. The molecule has 1 aliphatic rings. The van der Waals surface area contributed by atoms with Crippen LogP contribution >= 0.6 is 0 Å². The summed E-state index contributed by atoms with van der Waals surface area (Å²) in [5.41, 5.74) is 3.45. The number of carbonyl (C=O) groups excluding carboxylic acids is 1. The molecule has 1 aliphatic carbocycles. The lowest BCUT2D eigenvalue weighted by atomic mass is 9.90. The van der Waals surface area contributed by atoms with Crippen molar-refractivity contribution in [3.05, 3.63) is 48.3 Å². The molecule has 0 unspecified atom stereocenters. The molecular weight excluding hydrogens is 390 g/mol. The summed E-state index contributed by atoms with van der Waals surface area (Å²) in [6.45, 7) is 3.36. The Morgan fingerprint density at radius 1 is 1.13 bits per heavy atom. The van der Waals surface area contributed by atoms with E-state index in [9.17, 15) is 4.79 Å². The van der Waals surface area contributed by atoms with Gasteiger partial charge in [0.15, 0.2) is 0 Å². The Morgan fingerprint density at radius 2 is 1.87 bits per heavy atom. The lowest BCUT2D eigenvalue weighted by molar-refractivity contribution is 0.0852. The quantitative estimate of drug-likeness (QED) is 0.571. The number of amides is 1. The predicted octanol–water partition coefficient (Wildman–Crippen LogP) is 5.03. The van der Waals surface area contributed by atoms with E-state index in [0.717, 1.165) is 67.5 Å². The molecule has 1 saturated carbocycles. The minimum Gasteiger partial charge on any atom is -0.496 e. The Labute approximate surface area is 186 Å². The van der Waals surface area contributed by atoms with Crippen LogP contribution in [0.5, 0.6) is 5.75 Å². The van der Waals surface area contributed by atoms with Gasteiger partial charge in [-0.1, -0.05) is 19.4 Å². The molecular formula is C25H35N3O3. The predicted molar refractivity (Wildman–Crippen MR) is 123 cm³/mol. The van der Waals surface area contributed by atoms with Gasteiger partial charge in [-0.3, -0.25) is 4.98 Å². The molecule has 0 aliphatic heterocycles. The third-order valence-corrected chi connectivity index (χ3v) is 6.13. The van der Waals surface area contributed by atoms with Gasteiger partial charge >= 0.3 is 6.09 Å². The number of ether oxygens (including phenoxy) is 2. The number of hydrogen-bond acceptors (Lipinski definition) is 5. The van der Waals surface area contributed by atoms with Crippen LogP contribution in [0.1, 0.15) is 51.0 Å². The van der Waals surface area contributed by atoms with Gasteiger partial charge in [-0.15, -0.1) is 0 Å². The number of nitrogens with zero attached hydrogens (tertiary/aromatic N) is 2. The van der Waals surface area contributed by atoms with Crippen LogP contribution in [0.4, 0.5) is 4.79 Å². The molecule has 6 heteroatoms. The SMILES string of the molecule is CCCCOC(=O)N(C)C1CCC(NCc2cc(-c3ccncc3)ccc2OC)CC1. The van der Waals surface area contributed by atoms with Crippen molar-refractivity contribution < 1.29 is 14.3 Å². The van der Waals surface area contributed by atoms with Crippen LogP contribution in [0.15, 0.2) is 42.7 Å². The second-order valence-electron chi connectivity index (χ2n) is 8.23. The molecule has 1 heterocycles. The number of benzene rings is 1. The van der Waals surface area contributed by atoms with Gasteiger partial charge in [0, 0.05) is 43.6 Å². The number of aromatic nitrogens is 1. The molecule has 1 aromatic carbocycles. The second-order valence-corrected chi connectivity index (χ2v) is 8.23. The average molecular weight is 426 g/mol. The lowest BCUT2D eigenvalue weighted by Crippen LogP contribution is -2.43. The summed E-state index contributed by atoms with van der Waals surface area (Å²) in [7, 11) is 3.58. The first-order chi connectivity index (χ1) is 15.1. The standard InChI is InChI=1S/C25H35N3O3/c1-4-5-16-31-25(29)28(2)23-9-7-22(8-10-23)27-18-21-17-20(6-11-24(21)30-3)19-12-14-26-15-13-19/h6,11-15,17,22-23,27H,4-5,7-10,16,18H2,1-3H3. The first-order valence-electron chi connectivity index (χ1n) is 11.3. The molecule has 0 atom stereocenters. The van der Waals surface area contributed by atoms with E-state index in [1.54, 1.807) is 12.0 Å². The molecule has 3 rings (SSSR count). The Bertz CT molecular complexity index is 820. The van der Waals surface area contributed by atoms with Crippen molar-refractivity contribution in [3.8, 4) is 16.9 Å². The summed E-state index contributed by atoms with van der Waals surface area (Å²) in [6, 6.07) is 11.0. The van der Waals surface area contributed by atoms with Gasteiger partial charge in [-0.05, 0) is 67.5 Å². The molecule has 31 heavy (non-hydrogen) atoms. The summed E-state index contributed by atoms with van der Waals surface area (Å²) in [6.07, 6.45) is 9.46. The fourth-order valence-electron chi connectivity index (χ4n) is 4.12. The van der Waals surface area contributed by atoms with Gasteiger partial charge in [0.2, 0.25) is 0 Å². The molecule has 0 bridgehead atoms. The van der Waals surface area contributed by atoms with Crippen LogP contribution in [0.25, 0.3) is 11.1 Å². The largest absolute Gasteiger partial charge is 0.496 e. The summed E-state index contributed by atoms with van der Waals surface area (Å²) < 4.78 is 10.9. The van der Waals surface area contributed by atoms with Crippen molar-refractivity contribution in [1.82, 2.24) is 15.2 Å². The molecule has 0 saturated heterocycles. The van der Waals surface area contributed by atoms with Crippen molar-refractivity contribution in [2.24, 2.45) is 0 Å². The topological polar surface area (TPSA) is 63.7 Å². The highest BCUT2D eigenvalue weighted by molar-refractivity contribution is 5.67. The van der Waals surface area contributed by atoms with Gasteiger partial charge in [-0.25, -0.2) is 4.79 Å². The molecule has 1 fully saturated rings. The van der Waals surface area contributed by atoms with Crippen molar-refractivity contribution in [3.63, 3.8) is 0 Å². The molecule has 1 amide bonds. The highest BCUT2D eigenvalue weighted by atomic mass is 16.6. The van der Waals surface area contributed by atoms with Crippen molar-refractivity contribution in [1.29, 1.82) is 0 Å². The summed E-state index contributed by atoms with van der Waals surface area (Å²) in [4.78, 5) is 18.1. The van der Waals surface area contributed by atoms with Crippen LogP contribution in [0, 0.1) is 0 Å². The van der Waals surface area contributed by atoms with Crippen LogP contribution in [-0.2, 0) is 11.3 Å². The van der Waals surface area contributed by atoms with Gasteiger partial charge in [0.25, 0.3) is 0 Å². The minimum absolute atomic E-state index is 0.192. The molecule has 1 N–H and O–H groups in total. The van der Waals surface area contributed by atoms with E-state index in [0.29, 0.717) is 12.6 Å². The van der Waals surface area contributed by atoms with Gasteiger partial charge < -0.3 is 19.7 Å². The van der Waals surface area contributed by atoms with Crippen LogP contribution in [0.3, 0.4) is 0 Å². The van der Waals surface area contributed by atoms with Crippen LogP contribution in [-0.4, -0.2) is 48.8 Å². The molecule has 0 radical (unpaired) electrons. The van der Waals surface area contributed by atoms with Gasteiger partial charge in [-0.2, -0.15) is 0 Å². The normalized spacial score (nSPS) is 18.4. The highest BCUT2D eigenvalue weighted by Gasteiger charge is 2.27. The Kier molecular flexibility index (Phi) is 8.71. The first kappa shape index (κ1) is 23.1. The van der Waals surface area contributed by atoms with Crippen molar-refractivity contribution in [2.45, 2.75) is 64.1 Å². The summed E-state index contributed by atoms with van der Waals surface area (Å²) >= 11 is 0. The van der Waals surface area contributed by atoms with E-state index in [1.165, 1.54) is 0 Å². The van der Waals surface area contributed by atoms with Crippen LogP contribution in [0.2, 0.25) is 0 Å². The monoisotopic (exact) mass is 425 g/mol. The van der Waals surface area contributed by atoms with Crippen molar-refractivity contribution >= 4 is 6.09 Å². The Balaban J connectivity index is 1.52. The molecule has 1 aromatic heterocycles. The molecule has 6 nitrogen and oxygen atoms in total. The molecule has 0 spiro atoms. The van der Waals surface area contributed by atoms with E-state index < -0.39 is 0 Å². The maximum atomic E-state index is 12.2. The third kappa shape index (κ3) is 6.44. The molecule has 168 valence electrons. The zero-order chi connectivity index (χ0) is 22.1. The number of carbonyl (C=O) groups is 1. The summed E-state index contributed by atoms with van der Waals surface area (Å²) in [5.74, 6) is 0.897. The van der Waals surface area contributed by atoms with Gasteiger partial charge in [0.1, 0.15) is 5.75 Å². The van der Waals surface area contributed by atoms with E-state index in [-0.39, 0.29) is 12.1 Å². The number of pyridine rings is 1. The Morgan fingerprint density at radius 3 is 2.55 bits per heavy atom. The first-order valence-corrected chi connectivity index (χ1v) is 11.3. The van der Waals surface area contributed by atoms with E-state index in [4.69, 9.17) is 9.47 Å².